The third-order valence-corrected chi connectivity index (χ3v) is 1.98. The van der Waals surface area contributed by atoms with E-state index in [1.807, 2.05) is 0 Å². The van der Waals surface area contributed by atoms with Gasteiger partial charge < -0.3 is 14.4 Å². The highest BCUT2D eigenvalue weighted by Crippen LogP contribution is 2.25. The molecule has 1 amide bonds. The van der Waals surface area contributed by atoms with Crippen molar-refractivity contribution in [2.45, 2.75) is 12.3 Å². The third-order valence-electron chi connectivity index (χ3n) is 1.98. The van der Waals surface area contributed by atoms with Crippen LogP contribution in [0.1, 0.15) is 0 Å². The number of hydrogen-bond acceptors (Lipinski definition) is 3. The van der Waals surface area contributed by atoms with Crippen molar-refractivity contribution in [3.63, 3.8) is 0 Å². The fourth-order valence-electron chi connectivity index (χ4n) is 1.02. The minimum Gasteiger partial charge on any atom is -0.383 e. The van der Waals surface area contributed by atoms with Gasteiger partial charge in [0, 0.05) is 27.3 Å². The van der Waals surface area contributed by atoms with E-state index in [1.165, 1.54) is 14.2 Å². The molecule has 0 aromatic heterocycles. The third kappa shape index (κ3) is 4.86. The molecule has 0 aliphatic rings. The fraction of sp³-hybridized carbons (Fsp3) is 0.889. The Morgan fingerprint density at radius 1 is 1.18 bits per heavy atom. The lowest BCUT2D eigenvalue weighted by Gasteiger charge is -2.26. The van der Waals surface area contributed by atoms with Gasteiger partial charge in [-0.2, -0.15) is 8.78 Å². The van der Waals surface area contributed by atoms with E-state index in [-0.39, 0.29) is 26.3 Å². The van der Waals surface area contributed by atoms with Gasteiger partial charge in [-0.25, -0.2) is 8.78 Å². The molecule has 8 heteroatoms. The van der Waals surface area contributed by atoms with Crippen molar-refractivity contribution in [3.8, 4) is 0 Å². The van der Waals surface area contributed by atoms with Crippen LogP contribution < -0.4 is 0 Å². The van der Waals surface area contributed by atoms with Gasteiger partial charge in [-0.1, -0.05) is 0 Å². The second-order valence-electron chi connectivity index (χ2n) is 3.20. The van der Waals surface area contributed by atoms with Crippen LogP contribution in [-0.2, 0) is 14.3 Å². The highest BCUT2D eigenvalue weighted by Gasteiger charge is 2.50. The number of carbonyl (C=O) groups excluding carboxylic acids is 1. The van der Waals surface area contributed by atoms with Gasteiger partial charge in [-0.3, -0.25) is 4.79 Å². The van der Waals surface area contributed by atoms with E-state index in [0.717, 1.165) is 0 Å². The number of ether oxygens (including phenoxy) is 2. The zero-order valence-electron chi connectivity index (χ0n) is 9.59. The van der Waals surface area contributed by atoms with Crippen molar-refractivity contribution in [1.82, 2.24) is 4.90 Å². The highest BCUT2D eigenvalue weighted by atomic mass is 19.3. The van der Waals surface area contributed by atoms with Gasteiger partial charge in [0.05, 0.1) is 13.2 Å². The summed E-state index contributed by atoms with van der Waals surface area (Å²) in [6.07, 6.45) is -4.03. The summed E-state index contributed by atoms with van der Waals surface area (Å²) >= 11 is 0. The maximum absolute atomic E-state index is 12.8. The zero-order valence-corrected chi connectivity index (χ0v) is 9.59. The maximum atomic E-state index is 12.8. The molecule has 0 saturated heterocycles. The second-order valence-corrected chi connectivity index (χ2v) is 3.20. The lowest BCUT2D eigenvalue weighted by atomic mass is 10.3. The number of carbonyl (C=O) groups is 1. The van der Waals surface area contributed by atoms with Crippen molar-refractivity contribution in [2.24, 2.45) is 0 Å². The SMILES string of the molecule is COCCN(CCOC)C(=O)C(F)(F)C(F)F. The fourth-order valence-corrected chi connectivity index (χ4v) is 1.02. The van der Waals surface area contributed by atoms with E-state index < -0.39 is 18.3 Å². The van der Waals surface area contributed by atoms with Gasteiger partial charge >= 0.3 is 12.3 Å². The lowest BCUT2D eigenvalue weighted by Crippen LogP contribution is -2.49. The zero-order chi connectivity index (χ0) is 13.5. The number of nitrogens with zero attached hydrogens (tertiary/aromatic N) is 1. The molecule has 0 heterocycles. The van der Waals surface area contributed by atoms with E-state index in [1.54, 1.807) is 0 Å². The van der Waals surface area contributed by atoms with Crippen LogP contribution in [0, 0.1) is 0 Å². The van der Waals surface area contributed by atoms with Crippen LogP contribution in [0.2, 0.25) is 0 Å². The van der Waals surface area contributed by atoms with Gasteiger partial charge in [0.15, 0.2) is 0 Å². The summed E-state index contributed by atoms with van der Waals surface area (Å²) in [5.41, 5.74) is 0. The number of methoxy groups -OCH3 is 2. The predicted molar refractivity (Wildman–Crippen MR) is 51.3 cm³/mol. The van der Waals surface area contributed by atoms with Crippen LogP contribution >= 0.6 is 0 Å². The van der Waals surface area contributed by atoms with E-state index in [4.69, 9.17) is 0 Å². The van der Waals surface area contributed by atoms with Crippen molar-refractivity contribution in [3.05, 3.63) is 0 Å². The first kappa shape index (κ1) is 16.1. The molecular weight excluding hydrogens is 246 g/mol. The molecule has 4 nitrogen and oxygen atoms in total. The molecule has 0 rings (SSSR count). The van der Waals surface area contributed by atoms with E-state index in [0.29, 0.717) is 4.90 Å². The van der Waals surface area contributed by atoms with Crippen molar-refractivity contribution in [1.29, 1.82) is 0 Å². The average molecular weight is 261 g/mol. The normalized spacial score (nSPS) is 11.9. The second kappa shape index (κ2) is 7.44. The van der Waals surface area contributed by atoms with Crippen molar-refractivity contribution in [2.75, 3.05) is 40.5 Å². The molecule has 0 aromatic carbocycles. The van der Waals surface area contributed by atoms with E-state index >= 15 is 0 Å². The first-order valence-corrected chi connectivity index (χ1v) is 4.81. The van der Waals surface area contributed by atoms with E-state index in [2.05, 4.69) is 9.47 Å². The molecule has 0 fully saturated rings. The smallest absolute Gasteiger partial charge is 0.383 e. The van der Waals surface area contributed by atoms with Crippen LogP contribution in [0.5, 0.6) is 0 Å². The average Bonchev–Trinajstić information content (AvgIpc) is 2.28. The van der Waals surface area contributed by atoms with Gasteiger partial charge in [-0.15, -0.1) is 0 Å². The molecule has 17 heavy (non-hydrogen) atoms. The summed E-state index contributed by atoms with van der Waals surface area (Å²) in [6.45, 7) is -0.425. The number of amides is 1. The van der Waals surface area contributed by atoms with Gasteiger partial charge in [0.2, 0.25) is 0 Å². The maximum Gasteiger partial charge on any atom is 0.383 e. The molecule has 0 spiro atoms. The largest absolute Gasteiger partial charge is 0.383 e. The molecular formula is C9H15F4NO3. The topological polar surface area (TPSA) is 38.8 Å². The Morgan fingerprint density at radius 3 is 1.88 bits per heavy atom. The summed E-state index contributed by atoms with van der Waals surface area (Å²) in [5.74, 6) is -6.59. The lowest BCUT2D eigenvalue weighted by molar-refractivity contribution is -0.181. The Kier molecular flexibility index (Phi) is 7.05. The molecule has 0 N–H and O–H groups in total. The number of hydrogen-bond donors (Lipinski definition) is 0. The summed E-state index contributed by atoms with van der Waals surface area (Å²) in [6, 6.07) is 0. The van der Waals surface area contributed by atoms with Crippen LogP contribution in [0.3, 0.4) is 0 Å². The highest BCUT2D eigenvalue weighted by molar-refractivity contribution is 5.84. The molecule has 0 bridgehead atoms. The minimum atomic E-state index is -4.68. The number of alkyl halides is 4. The Hall–Kier alpha value is -0.890. The Labute approximate surface area is 96.5 Å². The number of halogens is 4. The van der Waals surface area contributed by atoms with Crippen LogP contribution in [0.15, 0.2) is 0 Å². The summed E-state index contributed by atoms with van der Waals surface area (Å²) in [7, 11) is 2.62. The standard InChI is InChI=1S/C9H15F4NO3/c1-16-5-3-14(4-6-17-2)8(15)9(12,13)7(10)11/h7H,3-6H2,1-2H3. The molecule has 0 unspecified atom stereocenters. The monoisotopic (exact) mass is 261 g/mol. The molecule has 0 aromatic rings. The molecule has 0 saturated carbocycles. The molecule has 0 atom stereocenters. The van der Waals surface area contributed by atoms with Gasteiger partial charge in [0.25, 0.3) is 5.91 Å². The van der Waals surface area contributed by atoms with Gasteiger partial charge in [0.1, 0.15) is 0 Å². The van der Waals surface area contributed by atoms with Crippen LogP contribution in [0.4, 0.5) is 17.6 Å². The van der Waals surface area contributed by atoms with Crippen molar-refractivity contribution >= 4 is 5.91 Å². The minimum absolute atomic E-state index is 0.0191. The van der Waals surface area contributed by atoms with Crippen LogP contribution in [-0.4, -0.2) is 63.7 Å². The molecule has 102 valence electrons. The Bertz CT molecular complexity index is 230. The first-order valence-electron chi connectivity index (χ1n) is 4.81. The van der Waals surface area contributed by atoms with E-state index in [9.17, 15) is 22.4 Å². The summed E-state index contributed by atoms with van der Waals surface area (Å²) in [5, 5.41) is 0. The van der Waals surface area contributed by atoms with Crippen molar-refractivity contribution < 1.29 is 31.8 Å². The Morgan fingerprint density at radius 2 is 1.59 bits per heavy atom. The molecule has 0 aliphatic heterocycles. The summed E-state index contributed by atoms with van der Waals surface area (Å²) in [4.78, 5) is 11.8. The number of rotatable bonds is 8. The van der Waals surface area contributed by atoms with Gasteiger partial charge in [-0.05, 0) is 0 Å². The molecule has 0 aliphatic carbocycles. The summed E-state index contributed by atoms with van der Waals surface area (Å²) < 4.78 is 58.9. The Balaban J connectivity index is 4.60. The van der Waals surface area contributed by atoms with Crippen LogP contribution in [0.25, 0.3) is 0 Å². The first-order chi connectivity index (χ1) is 7.87. The quantitative estimate of drug-likeness (QED) is 0.612. The predicted octanol–water partition coefficient (Wildman–Crippen LogP) is 1.01. The molecule has 0 radical (unpaired) electrons.